The second kappa shape index (κ2) is 3.74. The highest BCUT2D eigenvalue weighted by Crippen LogP contribution is 2.08. The summed E-state index contributed by atoms with van der Waals surface area (Å²) in [5.41, 5.74) is 0. The van der Waals surface area contributed by atoms with Crippen LogP contribution in [0.15, 0.2) is 12.2 Å². The van der Waals surface area contributed by atoms with Crippen molar-refractivity contribution in [2.24, 2.45) is 0 Å². The molecule has 0 bridgehead atoms. The number of nitrogens with zero attached hydrogens (tertiary/aromatic N) is 1. The molecule has 58 valence electrons. The molecule has 0 aromatic heterocycles. The van der Waals surface area contributed by atoms with Crippen LogP contribution in [0.5, 0.6) is 0 Å². The highest BCUT2D eigenvalue weighted by Gasteiger charge is 2.14. The molecule has 0 aliphatic carbocycles. The van der Waals surface area contributed by atoms with Crippen molar-refractivity contribution in [1.82, 2.24) is 4.90 Å². The molecule has 0 amide bonds. The van der Waals surface area contributed by atoms with Gasteiger partial charge in [-0.15, -0.1) is 0 Å². The molecule has 1 aliphatic heterocycles. The second-order valence-electron chi connectivity index (χ2n) is 2.76. The zero-order valence-electron chi connectivity index (χ0n) is 6.71. The molecule has 2 nitrogen and oxygen atoms in total. The molecular formula is C8H15NO. The van der Waals surface area contributed by atoms with E-state index in [1.807, 2.05) is 0 Å². The summed E-state index contributed by atoms with van der Waals surface area (Å²) in [5, 5.41) is 0. The standard InChI is InChI=1S/C8H15NO/c1-9-6-4-3-5-8(9)7-10-2/h3-4,8H,5-7H2,1-2H3. The van der Waals surface area contributed by atoms with Gasteiger partial charge in [0.1, 0.15) is 0 Å². The van der Waals surface area contributed by atoms with E-state index in [9.17, 15) is 0 Å². The molecule has 2 heteroatoms. The lowest BCUT2D eigenvalue weighted by molar-refractivity contribution is 0.110. The summed E-state index contributed by atoms with van der Waals surface area (Å²) in [6.45, 7) is 1.91. The maximum Gasteiger partial charge on any atom is 0.0621 e. The number of hydrogen-bond donors (Lipinski definition) is 0. The molecule has 0 aromatic rings. The molecule has 0 saturated carbocycles. The Morgan fingerprint density at radius 1 is 1.60 bits per heavy atom. The summed E-state index contributed by atoms with van der Waals surface area (Å²) in [5.74, 6) is 0. The Morgan fingerprint density at radius 3 is 3.00 bits per heavy atom. The van der Waals surface area contributed by atoms with E-state index in [1.165, 1.54) is 0 Å². The molecule has 0 radical (unpaired) electrons. The van der Waals surface area contributed by atoms with Crippen molar-refractivity contribution in [2.45, 2.75) is 12.5 Å². The van der Waals surface area contributed by atoms with Gasteiger partial charge in [0.2, 0.25) is 0 Å². The van der Waals surface area contributed by atoms with Gasteiger partial charge in [-0.1, -0.05) is 12.2 Å². The van der Waals surface area contributed by atoms with Crippen molar-refractivity contribution in [3.05, 3.63) is 12.2 Å². The van der Waals surface area contributed by atoms with Gasteiger partial charge in [-0.05, 0) is 13.5 Å². The van der Waals surface area contributed by atoms with Crippen molar-refractivity contribution in [3.63, 3.8) is 0 Å². The van der Waals surface area contributed by atoms with Gasteiger partial charge in [0.25, 0.3) is 0 Å². The lowest BCUT2D eigenvalue weighted by atomic mass is 10.1. The Labute approximate surface area is 62.5 Å². The lowest BCUT2D eigenvalue weighted by Gasteiger charge is -2.28. The first-order valence-electron chi connectivity index (χ1n) is 3.68. The third-order valence-corrected chi connectivity index (χ3v) is 1.95. The molecule has 1 atom stereocenters. The zero-order valence-corrected chi connectivity index (χ0v) is 6.71. The van der Waals surface area contributed by atoms with E-state index >= 15 is 0 Å². The summed E-state index contributed by atoms with van der Waals surface area (Å²) >= 11 is 0. The van der Waals surface area contributed by atoms with E-state index < -0.39 is 0 Å². The van der Waals surface area contributed by atoms with Gasteiger partial charge in [-0.25, -0.2) is 0 Å². The molecule has 0 aromatic carbocycles. The Kier molecular flexibility index (Phi) is 2.90. The van der Waals surface area contributed by atoms with Crippen LogP contribution < -0.4 is 0 Å². The van der Waals surface area contributed by atoms with E-state index in [0.29, 0.717) is 6.04 Å². The highest BCUT2D eigenvalue weighted by atomic mass is 16.5. The minimum Gasteiger partial charge on any atom is -0.383 e. The third-order valence-electron chi connectivity index (χ3n) is 1.95. The largest absolute Gasteiger partial charge is 0.383 e. The smallest absolute Gasteiger partial charge is 0.0621 e. The average molecular weight is 141 g/mol. The topological polar surface area (TPSA) is 12.5 Å². The normalized spacial score (nSPS) is 27.2. The van der Waals surface area contributed by atoms with Crippen LogP contribution in [0.4, 0.5) is 0 Å². The quantitative estimate of drug-likeness (QED) is 0.530. The molecule has 1 aliphatic rings. The van der Waals surface area contributed by atoms with E-state index in [-0.39, 0.29) is 0 Å². The second-order valence-corrected chi connectivity index (χ2v) is 2.76. The van der Waals surface area contributed by atoms with Gasteiger partial charge in [0.15, 0.2) is 0 Å². The Hall–Kier alpha value is -0.340. The molecule has 0 N–H and O–H groups in total. The van der Waals surface area contributed by atoms with Gasteiger partial charge in [-0.3, -0.25) is 4.90 Å². The molecule has 1 heterocycles. The molecule has 0 spiro atoms. The first-order chi connectivity index (χ1) is 4.84. The van der Waals surface area contributed by atoms with Crippen LogP contribution in [0.2, 0.25) is 0 Å². The minimum atomic E-state index is 0.593. The number of hydrogen-bond acceptors (Lipinski definition) is 2. The van der Waals surface area contributed by atoms with Crippen LogP contribution in [0, 0.1) is 0 Å². The molecule has 0 fully saturated rings. The van der Waals surface area contributed by atoms with Crippen LogP contribution >= 0.6 is 0 Å². The van der Waals surface area contributed by atoms with Gasteiger partial charge < -0.3 is 4.74 Å². The van der Waals surface area contributed by atoms with Gasteiger partial charge >= 0.3 is 0 Å². The van der Waals surface area contributed by atoms with Crippen LogP contribution in [-0.2, 0) is 4.74 Å². The molecule has 1 unspecified atom stereocenters. The fourth-order valence-electron chi connectivity index (χ4n) is 1.21. The van der Waals surface area contributed by atoms with E-state index in [4.69, 9.17) is 4.74 Å². The van der Waals surface area contributed by atoms with E-state index in [0.717, 1.165) is 19.6 Å². The third kappa shape index (κ3) is 1.82. The van der Waals surface area contributed by atoms with E-state index in [2.05, 4.69) is 24.1 Å². The summed E-state index contributed by atoms with van der Waals surface area (Å²) in [6, 6.07) is 0.593. The maximum atomic E-state index is 5.08. The average Bonchev–Trinajstić information content (AvgIpc) is 1.94. The van der Waals surface area contributed by atoms with Crippen molar-refractivity contribution < 1.29 is 4.74 Å². The van der Waals surface area contributed by atoms with Crippen molar-refractivity contribution >= 4 is 0 Å². The minimum absolute atomic E-state index is 0.593. The Morgan fingerprint density at radius 2 is 2.40 bits per heavy atom. The van der Waals surface area contributed by atoms with Gasteiger partial charge in [0, 0.05) is 19.7 Å². The molecular weight excluding hydrogens is 126 g/mol. The first-order valence-corrected chi connectivity index (χ1v) is 3.68. The summed E-state index contributed by atoms with van der Waals surface area (Å²) in [4.78, 5) is 2.31. The predicted molar refractivity (Wildman–Crippen MR) is 42.1 cm³/mol. The molecule has 10 heavy (non-hydrogen) atoms. The fraction of sp³-hybridized carbons (Fsp3) is 0.750. The van der Waals surface area contributed by atoms with Crippen molar-refractivity contribution in [2.75, 3.05) is 27.3 Å². The molecule has 1 rings (SSSR count). The van der Waals surface area contributed by atoms with Gasteiger partial charge in [0.05, 0.1) is 6.61 Å². The summed E-state index contributed by atoms with van der Waals surface area (Å²) in [7, 11) is 3.89. The summed E-state index contributed by atoms with van der Waals surface area (Å²) in [6.07, 6.45) is 5.56. The number of methoxy groups -OCH3 is 1. The first kappa shape index (κ1) is 7.76. The Bertz CT molecular complexity index is 122. The van der Waals surface area contributed by atoms with Crippen LogP contribution in [0.25, 0.3) is 0 Å². The highest BCUT2D eigenvalue weighted by molar-refractivity contribution is 4.94. The Balaban J connectivity index is 2.35. The van der Waals surface area contributed by atoms with Crippen LogP contribution in [0.1, 0.15) is 6.42 Å². The summed E-state index contributed by atoms with van der Waals surface area (Å²) < 4.78 is 5.08. The number of likely N-dealkylation sites (N-methyl/N-ethyl adjacent to an activating group) is 1. The zero-order chi connectivity index (χ0) is 7.40. The van der Waals surface area contributed by atoms with E-state index in [1.54, 1.807) is 7.11 Å². The fourth-order valence-corrected chi connectivity index (χ4v) is 1.21. The number of rotatable bonds is 2. The maximum absolute atomic E-state index is 5.08. The van der Waals surface area contributed by atoms with Crippen LogP contribution in [0.3, 0.4) is 0 Å². The van der Waals surface area contributed by atoms with Crippen LogP contribution in [-0.4, -0.2) is 38.3 Å². The SMILES string of the molecule is COCC1CC=CCN1C. The van der Waals surface area contributed by atoms with Crippen molar-refractivity contribution in [3.8, 4) is 0 Å². The molecule has 0 saturated heterocycles. The predicted octanol–water partition coefficient (Wildman–Crippen LogP) is 0.893. The monoisotopic (exact) mass is 141 g/mol. The lowest BCUT2D eigenvalue weighted by Crippen LogP contribution is -2.37. The number of ether oxygens (including phenoxy) is 1. The van der Waals surface area contributed by atoms with Crippen molar-refractivity contribution in [1.29, 1.82) is 0 Å². The van der Waals surface area contributed by atoms with Gasteiger partial charge in [-0.2, -0.15) is 0 Å².